The summed E-state index contributed by atoms with van der Waals surface area (Å²) >= 11 is 0. The van der Waals surface area contributed by atoms with Crippen LogP contribution >= 0.6 is 0 Å². The number of hydrogen-bond acceptors (Lipinski definition) is 0. The lowest BCUT2D eigenvalue weighted by Gasteiger charge is -3.26. The molecule has 20 unspecified atom stereocenters. The standard InChI is InChI=1S/C25H26/c1-6-4-7-9-13-17-18-16-12-11-15-14-10-8-5-21(9,19(6,7)2)22(8,13)24(10,17)25(14,18)23(15,16)20(11,12)3/h6-18H,4-5H2,1-3H3. The van der Waals surface area contributed by atoms with Crippen LogP contribution in [0.25, 0.3) is 0 Å². The molecule has 13 rings (SSSR count). The van der Waals surface area contributed by atoms with E-state index in [4.69, 9.17) is 0 Å². The summed E-state index contributed by atoms with van der Waals surface area (Å²) < 4.78 is 0. The van der Waals surface area contributed by atoms with Gasteiger partial charge in [-0.15, -0.1) is 0 Å². The van der Waals surface area contributed by atoms with Gasteiger partial charge in [0.1, 0.15) is 0 Å². The molecule has 13 aliphatic carbocycles. The first-order valence-electron chi connectivity index (χ1n) is 12.1. The molecule has 0 heteroatoms. The van der Waals surface area contributed by atoms with E-state index in [0.717, 1.165) is 43.8 Å². The van der Waals surface area contributed by atoms with Crippen molar-refractivity contribution in [1.29, 1.82) is 0 Å². The van der Waals surface area contributed by atoms with Crippen LogP contribution in [0.4, 0.5) is 0 Å². The maximum Gasteiger partial charge on any atom is -0.00935 e. The van der Waals surface area contributed by atoms with E-state index in [0.29, 0.717) is 0 Å². The Labute approximate surface area is 148 Å². The van der Waals surface area contributed by atoms with Crippen LogP contribution < -0.4 is 0 Å². The quantitative estimate of drug-likeness (QED) is 0.633. The molecule has 0 N–H and O–H groups in total. The summed E-state index contributed by atoms with van der Waals surface area (Å²) in [6.07, 6.45) is 3.37. The highest BCUT2D eigenvalue weighted by Gasteiger charge is 3.30. The Hall–Kier alpha value is 0. The number of rotatable bonds is 0. The summed E-state index contributed by atoms with van der Waals surface area (Å²) in [5, 5.41) is 0. The Morgan fingerprint density at radius 3 is 1.88 bits per heavy atom. The third kappa shape index (κ3) is 0.347. The third-order valence-corrected chi connectivity index (χ3v) is 18.0. The van der Waals surface area contributed by atoms with Gasteiger partial charge in [0.15, 0.2) is 0 Å². The van der Waals surface area contributed by atoms with Gasteiger partial charge >= 0.3 is 0 Å². The summed E-state index contributed by atoms with van der Waals surface area (Å²) in [6.45, 7) is 8.23. The first kappa shape index (κ1) is 10.5. The Bertz CT molecular complexity index is 1060. The van der Waals surface area contributed by atoms with Gasteiger partial charge in [-0.3, -0.25) is 0 Å². The van der Waals surface area contributed by atoms with Crippen LogP contribution in [0.5, 0.6) is 0 Å². The van der Waals surface area contributed by atoms with Crippen LogP contribution in [0.15, 0.2) is 0 Å². The summed E-state index contributed by atoms with van der Waals surface area (Å²) in [7, 11) is 0. The molecule has 13 saturated carbocycles. The molecule has 13 fully saturated rings. The largest absolute Gasteiger partial charge is 0.0619 e. The van der Waals surface area contributed by atoms with E-state index in [1.165, 1.54) is 71.0 Å². The molecule has 0 aromatic rings. The van der Waals surface area contributed by atoms with E-state index < -0.39 is 0 Å². The van der Waals surface area contributed by atoms with E-state index in [-0.39, 0.29) is 0 Å². The molecular formula is C25H26. The molecule has 0 amide bonds. The molecule has 20 atom stereocenters. The van der Waals surface area contributed by atoms with Gasteiger partial charge in [0.2, 0.25) is 0 Å². The van der Waals surface area contributed by atoms with Crippen molar-refractivity contribution in [1.82, 2.24) is 0 Å². The van der Waals surface area contributed by atoms with Crippen LogP contribution in [0.2, 0.25) is 0 Å². The molecule has 25 heavy (non-hydrogen) atoms. The minimum atomic E-state index is 0.833. The van der Waals surface area contributed by atoms with Crippen LogP contribution in [0, 0.1) is 115 Å². The second kappa shape index (κ2) is 1.84. The molecule has 13 aliphatic rings. The van der Waals surface area contributed by atoms with Gasteiger partial charge in [0.25, 0.3) is 0 Å². The van der Waals surface area contributed by atoms with E-state index in [2.05, 4.69) is 20.8 Å². The molecule has 0 aromatic carbocycles. The molecule has 5 spiro atoms. The van der Waals surface area contributed by atoms with Gasteiger partial charge in [-0.05, 0) is 128 Å². The average molecular weight is 326 g/mol. The maximum atomic E-state index is 2.80. The van der Waals surface area contributed by atoms with Crippen molar-refractivity contribution >= 4 is 0 Å². The second-order valence-corrected chi connectivity index (χ2v) is 14.8. The maximum absolute atomic E-state index is 2.80. The van der Waals surface area contributed by atoms with Crippen molar-refractivity contribution in [2.45, 2.75) is 33.6 Å². The molecular weight excluding hydrogens is 300 g/mol. The average Bonchev–Trinajstić information content (AvgIpc) is 2.87. The van der Waals surface area contributed by atoms with Crippen LogP contribution in [-0.4, -0.2) is 0 Å². The van der Waals surface area contributed by atoms with Crippen molar-refractivity contribution in [3.8, 4) is 0 Å². The number of fused-ring (bicyclic) bond motifs is 12. The Morgan fingerprint density at radius 2 is 1.16 bits per heavy atom. The zero-order valence-corrected chi connectivity index (χ0v) is 15.4. The molecule has 0 nitrogen and oxygen atoms in total. The Balaban J connectivity index is 1.14. The lowest BCUT2D eigenvalue weighted by Crippen LogP contribution is -3.24. The zero-order chi connectivity index (χ0) is 15.4. The number of hydrogen-bond donors (Lipinski definition) is 0. The smallest absolute Gasteiger partial charge is 0.00935 e. The van der Waals surface area contributed by atoms with Gasteiger partial charge in [0.05, 0.1) is 0 Å². The summed E-state index contributed by atoms with van der Waals surface area (Å²) in [5.74, 6) is 16.6. The predicted octanol–water partition coefficient (Wildman–Crippen LogP) is 3.92. The van der Waals surface area contributed by atoms with Crippen molar-refractivity contribution < 1.29 is 0 Å². The van der Waals surface area contributed by atoms with Crippen molar-refractivity contribution in [2.24, 2.45) is 115 Å². The second-order valence-electron chi connectivity index (χ2n) is 14.8. The van der Waals surface area contributed by atoms with Crippen LogP contribution in [-0.2, 0) is 0 Å². The fourth-order valence-corrected chi connectivity index (χ4v) is 19.7. The molecule has 0 aromatic heterocycles. The third-order valence-electron chi connectivity index (χ3n) is 18.0. The van der Waals surface area contributed by atoms with E-state index in [1.54, 1.807) is 12.8 Å². The van der Waals surface area contributed by atoms with Gasteiger partial charge in [-0.2, -0.15) is 0 Å². The van der Waals surface area contributed by atoms with Gasteiger partial charge in [-0.25, -0.2) is 0 Å². The summed E-state index contributed by atoms with van der Waals surface area (Å²) in [5.41, 5.74) is 6.85. The van der Waals surface area contributed by atoms with E-state index in [1.807, 2.05) is 0 Å². The highest BCUT2D eigenvalue weighted by atomic mass is 15.3. The van der Waals surface area contributed by atoms with Gasteiger partial charge in [-0.1, -0.05) is 20.8 Å². The molecule has 0 bridgehead atoms. The Morgan fingerprint density at radius 1 is 0.560 bits per heavy atom. The molecule has 0 radical (unpaired) electrons. The van der Waals surface area contributed by atoms with Crippen molar-refractivity contribution in [2.75, 3.05) is 0 Å². The first-order valence-corrected chi connectivity index (χ1v) is 12.1. The normalized spacial score (nSPS) is 112. The van der Waals surface area contributed by atoms with Crippen molar-refractivity contribution in [3.63, 3.8) is 0 Å². The highest BCUT2D eigenvalue weighted by molar-refractivity contribution is 5.76. The topological polar surface area (TPSA) is 0 Å². The molecule has 0 aliphatic heterocycles. The predicted molar refractivity (Wildman–Crippen MR) is 88.7 cm³/mol. The monoisotopic (exact) mass is 326 g/mol. The molecule has 0 saturated heterocycles. The summed E-state index contributed by atoms with van der Waals surface area (Å²) in [6, 6.07) is 0. The fraction of sp³-hybridized carbons (Fsp3) is 1.00. The molecule has 0 heterocycles. The van der Waals surface area contributed by atoms with Crippen LogP contribution in [0.3, 0.4) is 0 Å². The van der Waals surface area contributed by atoms with Crippen LogP contribution in [0.1, 0.15) is 33.6 Å². The summed E-state index contributed by atoms with van der Waals surface area (Å²) in [4.78, 5) is 0. The lowest BCUT2D eigenvalue weighted by molar-refractivity contribution is -0.810. The van der Waals surface area contributed by atoms with E-state index in [9.17, 15) is 0 Å². The minimum Gasteiger partial charge on any atom is -0.0619 e. The van der Waals surface area contributed by atoms with E-state index >= 15 is 0 Å². The SMILES string of the molecule is CC1CC2C3C4C5C6C7C8C9C%10C%11C%12C%13CC3(C12C)C%134C%125C%116C%107C98C. The van der Waals surface area contributed by atoms with Crippen molar-refractivity contribution in [3.05, 3.63) is 0 Å². The lowest BCUT2D eigenvalue weighted by atomic mass is 8.77. The zero-order valence-electron chi connectivity index (χ0n) is 15.4. The molecule has 126 valence electrons. The first-order chi connectivity index (χ1) is 12.1. The Kier molecular flexibility index (Phi) is 0.775. The fourth-order valence-electron chi connectivity index (χ4n) is 19.7. The van der Waals surface area contributed by atoms with Gasteiger partial charge in [0, 0.05) is 0 Å². The van der Waals surface area contributed by atoms with Gasteiger partial charge < -0.3 is 0 Å². The highest BCUT2D eigenvalue weighted by Crippen LogP contribution is 3.32. The minimum absolute atomic E-state index is 0.833.